The average Bonchev–Trinajstić information content (AvgIpc) is 3.17. The number of rotatable bonds is 4. The number of ether oxygens (including phenoxy) is 2. The zero-order chi connectivity index (χ0) is 22.2. The van der Waals surface area contributed by atoms with E-state index in [1.54, 1.807) is 11.8 Å². The Morgan fingerprint density at radius 1 is 0.909 bits per heavy atom. The molecule has 1 aliphatic rings. The lowest BCUT2D eigenvalue weighted by molar-refractivity contribution is 0.297. The molecule has 0 unspecified atom stereocenters. The van der Waals surface area contributed by atoms with Crippen molar-refractivity contribution in [3.8, 4) is 22.9 Å². The molecule has 0 saturated heterocycles. The first-order valence-corrected chi connectivity index (χ1v) is 12.0. The number of fused-ring (bicyclic) bond motifs is 4. The first kappa shape index (κ1) is 20.1. The van der Waals surface area contributed by atoms with Crippen LogP contribution in [-0.2, 0) is 5.75 Å². The van der Waals surface area contributed by atoms with Gasteiger partial charge in [-0.05, 0) is 42.8 Å². The van der Waals surface area contributed by atoms with Crippen LogP contribution in [0.1, 0.15) is 17.5 Å². The number of benzene rings is 3. The first-order valence-electron chi connectivity index (χ1n) is 11.0. The molecular weight excluding hydrogens is 432 g/mol. The van der Waals surface area contributed by atoms with Gasteiger partial charge in [0.1, 0.15) is 0 Å². The van der Waals surface area contributed by atoms with Crippen molar-refractivity contribution in [2.75, 3.05) is 13.2 Å². The molecule has 6 rings (SSSR count). The van der Waals surface area contributed by atoms with Gasteiger partial charge in [0.2, 0.25) is 0 Å². The molecule has 3 heterocycles. The van der Waals surface area contributed by atoms with E-state index in [4.69, 9.17) is 24.5 Å². The Balaban J connectivity index is 1.43. The van der Waals surface area contributed by atoms with E-state index in [2.05, 4.69) is 31.2 Å². The third-order valence-electron chi connectivity index (χ3n) is 5.64. The Morgan fingerprint density at radius 2 is 1.73 bits per heavy atom. The van der Waals surface area contributed by atoms with Gasteiger partial charge in [-0.25, -0.2) is 9.97 Å². The lowest BCUT2D eigenvalue weighted by Gasteiger charge is -2.07. The maximum Gasteiger partial charge on any atom is 0.191 e. The molecule has 164 valence electrons. The van der Waals surface area contributed by atoms with Crippen molar-refractivity contribution in [1.82, 2.24) is 19.6 Å². The van der Waals surface area contributed by atoms with Crippen LogP contribution in [0.2, 0.25) is 0 Å². The number of hydrogen-bond acceptors (Lipinski definition) is 6. The molecule has 0 saturated carbocycles. The maximum atomic E-state index is 5.87. The fourth-order valence-electron chi connectivity index (χ4n) is 3.88. The zero-order valence-electron chi connectivity index (χ0n) is 18.2. The van der Waals surface area contributed by atoms with Crippen molar-refractivity contribution in [1.29, 1.82) is 0 Å². The van der Waals surface area contributed by atoms with Crippen LogP contribution in [0.3, 0.4) is 0 Å². The molecule has 0 amide bonds. The Morgan fingerprint density at radius 3 is 2.61 bits per heavy atom. The van der Waals surface area contributed by atoms with Crippen molar-refractivity contribution in [2.45, 2.75) is 24.3 Å². The molecular formula is C26H22N4O2S. The summed E-state index contributed by atoms with van der Waals surface area (Å²) in [6, 6.07) is 22.5. The highest BCUT2D eigenvalue weighted by molar-refractivity contribution is 7.98. The van der Waals surface area contributed by atoms with E-state index in [1.807, 2.05) is 47.0 Å². The van der Waals surface area contributed by atoms with Crippen molar-refractivity contribution < 1.29 is 9.47 Å². The predicted molar refractivity (Wildman–Crippen MR) is 130 cm³/mol. The molecule has 0 bridgehead atoms. The van der Waals surface area contributed by atoms with Crippen molar-refractivity contribution in [3.05, 3.63) is 77.9 Å². The summed E-state index contributed by atoms with van der Waals surface area (Å²) in [7, 11) is 0. The van der Waals surface area contributed by atoms with Gasteiger partial charge in [0.25, 0.3) is 0 Å². The van der Waals surface area contributed by atoms with Gasteiger partial charge in [0.05, 0.1) is 18.7 Å². The second kappa shape index (κ2) is 8.41. The number of aromatic nitrogens is 4. The lowest BCUT2D eigenvalue weighted by atomic mass is 10.2. The van der Waals surface area contributed by atoms with Gasteiger partial charge in [0.15, 0.2) is 28.1 Å². The summed E-state index contributed by atoms with van der Waals surface area (Å²) in [6.45, 7) is 3.41. The minimum atomic E-state index is 0.640. The number of nitrogens with zero attached hydrogens (tertiary/aromatic N) is 4. The van der Waals surface area contributed by atoms with Crippen LogP contribution in [0.25, 0.3) is 27.9 Å². The Hall–Kier alpha value is -3.58. The first-order chi connectivity index (χ1) is 16.2. The Bertz CT molecular complexity index is 1460. The summed E-state index contributed by atoms with van der Waals surface area (Å²) in [5.74, 6) is 2.95. The highest BCUT2D eigenvalue weighted by atomic mass is 32.2. The highest BCUT2D eigenvalue weighted by Crippen LogP contribution is 2.34. The predicted octanol–water partition coefficient (Wildman–Crippen LogP) is 5.71. The smallest absolute Gasteiger partial charge is 0.191 e. The second-order valence-electron chi connectivity index (χ2n) is 8.07. The van der Waals surface area contributed by atoms with Gasteiger partial charge in [-0.1, -0.05) is 53.7 Å². The largest absolute Gasteiger partial charge is 0.490 e. The van der Waals surface area contributed by atoms with E-state index >= 15 is 0 Å². The van der Waals surface area contributed by atoms with Crippen LogP contribution in [-0.4, -0.2) is 32.8 Å². The van der Waals surface area contributed by atoms with Gasteiger partial charge < -0.3 is 9.47 Å². The second-order valence-corrected chi connectivity index (χ2v) is 9.01. The summed E-state index contributed by atoms with van der Waals surface area (Å²) in [6.07, 6.45) is 0.871. The van der Waals surface area contributed by atoms with Crippen LogP contribution < -0.4 is 9.47 Å². The van der Waals surface area contributed by atoms with Crippen LogP contribution in [0.4, 0.5) is 0 Å². The van der Waals surface area contributed by atoms with Gasteiger partial charge >= 0.3 is 0 Å². The van der Waals surface area contributed by atoms with Gasteiger partial charge in [-0.15, -0.1) is 5.10 Å². The molecule has 2 aromatic heterocycles. The molecule has 6 nitrogen and oxygen atoms in total. The van der Waals surface area contributed by atoms with Gasteiger partial charge in [-0.2, -0.15) is 4.52 Å². The van der Waals surface area contributed by atoms with Crippen LogP contribution >= 0.6 is 11.8 Å². The van der Waals surface area contributed by atoms with Crippen LogP contribution in [0.5, 0.6) is 11.5 Å². The molecule has 0 fully saturated rings. The SMILES string of the molecule is Cc1ccc(CSc2nc3ccccc3c3nc(-c4ccc5c(c4)OCCCO5)nn23)cc1. The molecule has 7 heteroatoms. The van der Waals surface area contributed by atoms with E-state index in [0.717, 1.165) is 50.9 Å². The molecule has 33 heavy (non-hydrogen) atoms. The fourth-order valence-corrected chi connectivity index (χ4v) is 4.78. The molecule has 1 aliphatic heterocycles. The van der Waals surface area contributed by atoms with E-state index in [0.29, 0.717) is 19.0 Å². The highest BCUT2D eigenvalue weighted by Gasteiger charge is 2.17. The van der Waals surface area contributed by atoms with E-state index < -0.39 is 0 Å². The monoisotopic (exact) mass is 454 g/mol. The number of hydrogen-bond donors (Lipinski definition) is 0. The van der Waals surface area contributed by atoms with E-state index in [9.17, 15) is 0 Å². The average molecular weight is 455 g/mol. The molecule has 0 radical (unpaired) electrons. The fraction of sp³-hybridized carbons (Fsp3) is 0.192. The standard InChI is InChI=1S/C26H22N4O2S/c1-17-7-9-18(10-8-17)16-33-26-27-21-6-3-2-5-20(21)25-28-24(29-30(25)26)19-11-12-22-23(15-19)32-14-4-13-31-22/h2-3,5-12,15H,4,13-14,16H2,1H3. The molecule has 0 atom stereocenters. The summed E-state index contributed by atoms with van der Waals surface area (Å²) < 4.78 is 13.5. The Labute approximate surface area is 195 Å². The zero-order valence-corrected chi connectivity index (χ0v) is 19.0. The summed E-state index contributed by atoms with van der Waals surface area (Å²) in [5, 5.41) is 6.65. The molecule has 0 N–H and O–H groups in total. The molecule has 0 spiro atoms. The topological polar surface area (TPSA) is 61.5 Å². The minimum absolute atomic E-state index is 0.640. The van der Waals surface area contributed by atoms with Crippen LogP contribution in [0, 0.1) is 6.92 Å². The Kier molecular flexibility index (Phi) is 5.11. The number of thioether (sulfide) groups is 1. The molecule has 5 aromatic rings. The van der Waals surface area contributed by atoms with Crippen molar-refractivity contribution in [2.24, 2.45) is 0 Å². The summed E-state index contributed by atoms with van der Waals surface area (Å²) >= 11 is 1.66. The van der Waals surface area contributed by atoms with Crippen molar-refractivity contribution in [3.63, 3.8) is 0 Å². The van der Waals surface area contributed by atoms with E-state index in [-0.39, 0.29) is 0 Å². The number of para-hydroxylation sites is 1. The maximum absolute atomic E-state index is 5.87. The summed E-state index contributed by atoms with van der Waals surface area (Å²) in [4.78, 5) is 9.82. The van der Waals surface area contributed by atoms with Gasteiger partial charge in [0, 0.05) is 23.1 Å². The third kappa shape index (κ3) is 3.89. The minimum Gasteiger partial charge on any atom is -0.490 e. The normalized spacial score (nSPS) is 13.4. The third-order valence-corrected chi connectivity index (χ3v) is 6.64. The van der Waals surface area contributed by atoms with Crippen LogP contribution in [0.15, 0.2) is 71.9 Å². The summed E-state index contributed by atoms with van der Waals surface area (Å²) in [5.41, 5.74) is 5.10. The lowest BCUT2D eigenvalue weighted by Crippen LogP contribution is -1.98. The quantitative estimate of drug-likeness (QED) is 0.256. The van der Waals surface area contributed by atoms with Gasteiger partial charge in [-0.3, -0.25) is 0 Å². The van der Waals surface area contributed by atoms with Crippen molar-refractivity contribution >= 4 is 28.3 Å². The molecule has 3 aromatic carbocycles. The number of aryl methyl sites for hydroxylation is 1. The molecule has 0 aliphatic carbocycles. The van der Waals surface area contributed by atoms with E-state index in [1.165, 1.54) is 11.1 Å².